The van der Waals surface area contributed by atoms with Crippen LogP contribution in [-0.4, -0.2) is 43.0 Å². The van der Waals surface area contributed by atoms with Gasteiger partial charge in [-0.15, -0.1) is 0 Å². The molecule has 1 aromatic carbocycles. The van der Waals surface area contributed by atoms with Crippen LogP contribution in [0.15, 0.2) is 41.2 Å². The van der Waals surface area contributed by atoms with Crippen LogP contribution >= 0.6 is 23.2 Å². The number of likely N-dealkylation sites (tertiary alicyclic amines) is 1. The topological polar surface area (TPSA) is 71.8 Å². The van der Waals surface area contributed by atoms with Crippen molar-refractivity contribution in [3.63, 3.8) is 0 Å². The van der Waals surface area contributed by atoms with Crippen LogP contribution in [0.3, 0.4) is 0 Å². The minimum atomic E-state index is -0.210. The molecule has 0 unspecified atom stereocenters. The third-order valence-corrected chi connectivity index (χ3v) is 5.04. The predicted molar refractivity (Wildman–Crippen MR) is 102 cm³/mol. The number of ether oxygens (including phenoxy) is 1. The number of carbonyl (C=O) groups excluding carboxylic acids is 2. The van der Waals surface area contributed by atoms with Crippen molar-refractivity contribution in [2.24, 2.45) is 5.92 Å². The first kappa shape index (κ1) is 19.6. The summed E-state index contributed by atoms with van der Waals surface area (Å²) in [5.74, 6) is 0.529. The van der Waals surface area contributed by atoms with E-state index in [9.17, 15) is 9.59 Å². The van der Waals surface area contributed by atoms with E-state index in [-0.39, 0.29) is 18.4 Å². The van der Waals surface area contributed by atoms with Crippen LogP contribution in [0.25, 0.3) is 0 Å². The summed E-state index contributed by atoms with van der Waals surface area (Å²) in [4.78, 5) is 26.1. The van der Waals surface area contributed by atoms with Gasteiger partial charge in [-0.1, -0.05) is 23.2 Å². The highest BCUT2D eigenvalue weighted by Crippen LogP contribution is 2.27. The number of hydrogen-bond acceptors (Lipinski definition) is 4. The van der Waals surface area contributed by atoms with E-state index < -0.39 is 0 Å². The van der Waals surface area contributed by atoms with Gasteiger partial charge in [-0.25, -0.2) is 0 Å². The number of furan rings is 1. The van der Waals surface area contributed by atoms with Gasteiger partial charge in [0.15, 0.2) is 6.61 Å². The monoisotopic (exact) mass is 410 g/mol. The van der Waals surface area contributed by atoms with Crippen molar-refractivity contribution >= 4 is 35.0 Å². The van der Waals surface area contributed by atoms with Crippen LogP contribution in [-0.2, 0) is 4.79 Å². The summed E-state index contributed by atoms with van der Waals surface area (Å²) >= 11 is 11.8. The molecule has 1 aromatic heterocycles. The molecule has 1 N–H and O–H groups in total. The Morgan fingerprint density at radius 3 is 2.67 bits per heavy atom. The Morgan fingerprint density at radius 1 is 1.22 bits per heavy atom. The van der Waals surface area contributed by atoms with Gasteiger partial charge in [0.2, 0.25) is 0 Å². The number of benzene rings is 1. The molecule has 3 rings (SSSR count). The van der Waals surface area contributed by atoms with Crippen molar-refractivity contribution in [3.05, 3.63) is 52.4 Å². The summed E-state index contributed by atoms with van der Waals surface area (Å²) in [6, 6.07) is 6.51. The van der Waals surface area contributed by atoms with Gasteiger partial charge >= 0.3 is 0 Å². The molecular formula is C19H20Cl2N2O4. The van der Waals surface area contributed by atoms with E-state index in [0.717, 1.165) is 12.8 Å². The quantitative estimate of drug-likeness (QED) is 0.788. The number of carbonyl (C=O) groups is 2. The molecule has 0 aliphatic carbocycles. The maximum absolute atomic E-state index is 12.3. The van der Waals surface area contributed by atoms with Gasteiger partial charge in [0.05, 0.1) is 16.8 Å². The molecule has 1 aliphatic rings. The highest BCUT2D eigenvalue weighted by Gasteiger charge is 2.24. The lowest BCUT2D eigenvalue weighted by atomic mass is 9.96. The molecule has 0 atom stereocenters. The number of piperidine rings is 1. The average Bonchev–Trinajstić information content (AvgIpc) is 3.20. The van der Waals surface area contributed by atoms with Crippen LogP contribution in [0.5, 0.6) is 5.75 Å². The molecule has 27 heavy (non-hydrogen) atoms. The largest absolute Gasteiger partial charge is 0.482 e. The molecule has 0 radical (unpaired) electrons. The summed E-state index contributed by atoms with van der Waals surface area (Å²) in [5.41, 5.74) is 0.569. The second-order valence-corrected chi connectivity index (χ2v) is 7.26. The second kappa shape index (κ2) is 9.15. The van der Waals surface area contributed by atoms with Gasteiger partial charge in [0, 0.05) is 24.7 Å². The van der Waals surface area contributed by atoms with E-state index in [1.807, 2.05) is 4.90 Å². The Bertz CT molecular complexity index is 787. The molecule has 144 valence electrons. The summed E-state index contributed by atoms with van der Waals surface area (Å²) in [6.07, 6.45) is 4.64. The maximum Gasteiger partial charge on any atom is 0.257 e. The van der Waals surface area contributed by atoms with Gasteiger partial charge < -0.3 is 19.4 Å². The standard InChI is InChI=1S/C19H20Cl2N2O4/c20-15-1-2-17(16(21)9-15)27-12-18(24)22-10-13-3-6-23(7-4-13)19(25)14-5-8-26-11-14/h1-2,5,8-9,11,13H,3-4,6-7,10,12H2,(H,22,24). The Morgan fingerprint density at radius 2 is 2.00 bits per heavy atom. The zero-order valence-electron chi connectivity index (χ0n) is 14.6. The van der Waals surface area contributed by atoms with Gasteiger partial charge in [0.1, 0.15) is 12.0 Å². The number of halogens is 2. The van der Waals surface area contributed by atoms with Crippen LogP contribution < -0.4 is 10.1 Å². The van der Waals surface area contributed by atoms with Crippen molar-refractivity contribution in [2.75, 3.05) is 26.2 Å². The molecule has 2 amide bonds. The smallest absolute Gasteiger partial charge is 0.257 e. The molecule has 0 spiro atoms. The van der Waals surface area contributed by atoms with Crippen molar-refractivity contribution < 1.29 is 18.7 Å². The fraction of sp³-hybridized carbons (Fsp3) is 0.368. The number of rotatable bonds is 6. The lowest BCUT2D eigenvalue weighted by Crippen LogP contribution is -2.42. The fourth-order valence-electron chi connectivity index (χ4n) is 2.95. The average molecular weight is 411 g/mol. The lowest BCUT2D eigenvalue weighted by molar-refractivity contribution is -0.123. The summed E-state index contributed by atoms with van der Waals surface area (Å²) < 4.78 is 10.4. The van der Waals surface area contributed by atoms with E-state index in [1.54, 1.807) is 24.3 Å². The molecule has 2 heterocycles. The van der Waals surface area contributed by atoms with Crippen molar-refractivity contribution in [1.29, 1.82) is 0 Å². The SMILES string of the molecule is O=C(COc1ccc(Cl)cc1Cl)NCC1CCN(C(=O)c2ccoc2)CC1. The van der Waals surface area contributed by atoms with Gasteiger partial charge in [-0.2, -0.15) is 0 Å². The van der Waals surface area contributed by atoms with Gasteiger partial charge in [-0.3, -0.25) is 9.59 Å². The Hall–Kier alpha value is -2.18. The Labute approximate surface area is 167 Å². The normalized spacial score (nSPS) is 14.8. The van der Waals surface area contributed by atoms with Crippen LogP contribution in [0.2, 0.25) is 10.0 Å². The number of amides is 2. The van der Waals surface area contributed by atoms with Gasteiger partial charge in [0.25, 0.3) is 11.8 Å². The van der Waals surface area contributed by atoms with E-state index in [1.165, 1.54) is 12.5 Å². The number of nitrogens with zero attached hydrogens (tertiary/aromatic N) is 1. The van der Waals surface area contributed by atoms with E-state index >= 15 is 0 Å². The molecule has 1 saturated heterocycles. The first-order valence-electron chi connectivity index (χ1n) is 8.69. The fourth-order valence-corrected chi connectivity index (χ4v) is 3.42. The molecule has 6 nitrogen and oxygen atoms in total. The maximum atomic E-state index is 12.3. The molecule has 1 aliphatic heterocycles. The van der Waals surface area contributed by atoms with Crippen LogP contribution in [0, 0.1) is 5.92 Å². The van der Waals surface area contributed by atoms with E-state index in [2.05, 4.69) is 5.32 Å². The zero-order chi connectivity index (χ0) is 19.2. The molecule has 0 bridgehead atoms. The van der Waals surface area contributed by atoms with Crippen LogP contribution in [0.1, 0.15) is 23.2 Å². The number of nitrogens with one attached hydrogen (secondary N) is 1. The molecule has 2 aromatic rings. The Kier molecular flexibility index (Phi) is 6.63. The van der Waals surface area contributed by atoms with E-state index in [0.29, 0.717) is 46.9 Å². The third-order valence-electron chi connectivity index (χ3n) is 4.51. The summed E-state index contributed by atoms with van der Waals surface area (Å²) in [6.45, 7) is 1.78. The van der Waals surface area contributed by atoms with Crippen LogP contribution in [0.4, 0.5) is 0 Å². The molecule has 1 fully saturated rings. The second-order valence-electron chi connectivity index (χ2n) is 6.42. The predicted octanol–water partition coefficient (Wildman–Crippen LogP) is 3.63. The van der Waals surface area contributed by atoms with Crippen molar-refractivity contribution in [2.45, 2.75) is 12.8 Å². The van der Waals surface area contributed by atoms with Crippen molar-refractivity contribution in [1.82, 2.24) is 10.2 Å². The first-order valence-corrected chi connectivity index (χ1v) is 9.44. The molecule has 0 saturated carbocycles. The van der Waals surface area contributed by atoms with Crippen molar-refractivity contribution in [3.8, 4) is 5.75 Å². The summed E-state index contributed by atoms with van der Waals surface area (Å²) in [5, 5.41) is 3.75. The van der Waals surface area contributed by atoms with E-state index in [4.69, 9.17) is 32.4 Å². The minimum Gasteiger partial charge on any atom is -0.482 e. The van der Waals surface area contributed by atoms with Gasteiger partial charge in [-0.05, 0) is 43.0 Å². The molecule has 8 heteroatoms. The minimum absolute atomic E-state index is 0.0144. The third kappa shape index (κ3) is 5.40. The first-order chi connectivity index (χ1) is 13.0. The lowest BCUT2D eigenvalue weighted by Gasteiger charge is -2.31. The number of hydrogen-bond donors (Lipinski definition) is 1. The molecular weight excluding hydrogens is 391 g/mol. The zero-order valence-corrected chi connectivity index (χ0v) is 16.1. The summed E-state index contributed by atoms with van der Waals surface area (Å²) in [7, 11) is 0. The highest BCUT2D eigenvalue weighted by atomic mass is 35.5. The highest BCUT2D eigenvalue weighted by molar-refractivity contribution is 6.35. The Balaban J connectivity index is 1.37.